The zero-order valence-electron chi connectivity index (χ0n) is 18.9. The van der Waals surface area contributed by atoms with Crippen LogP contribution in [0.1, 0.15) is 29.0 Å². The Morgan fingerprint density at radius 3 is 2.53 bits per heavy atom. The molecule has 2 saturated heterocycles. The molecule has 0 unspecified atom stereocenters. The number of carbonyl (C=O) groups is 2. The van der Waals surface area contributed by atoms with Crippen LogP contribution in [0.2, 0.25) is 0 Å². The molecule has 0 atom stereocenters. The second kappa shape index (κ2) is 9.90. The molecule has 0 radical (unpaired) electrons. The van der Waals surface area contributed by atoms with E-state index < -0.39 is 0 Å². The smallest absolute Gasteiger partial charge is 0.253 e. The maximum Gasteiger partial charge on any atom is 0.253 e. The average Bonchev–Trinajstić information content (AvgIpc) is 3.26. The Labute approximate surface area is 197 Å². The second-order valence-corrected chi connectivity index (χ2v) is 8.87. The van der Waals surface area contributed by atoms with Crippen LogP contribution in [0.15, 0.2) is 42.5 Å². The summed E-state index contributed by atoms with van der Waals surface area (Å²) >= 11 is 0. The summed E-state index contributed by atoms with van der Waals surface area (Å²) in [7, 11) is 0. The highest BCUT2D eigenvalue weighted by molar-refractivity contribution is 5.96. The van der Waals surface area contributed by atoms with E-state index in [1.54, 1.807) is 4.90 Å². The van der Waals surface area contributed by atoms with Gasteiger partial charge in [0.2, 0.25) is 5.91 Å². The molecule has 5 rings (SSSR count). The van der Waals surface area contributed by atoms with Crippen LogP contribution < -0.4 is 5.32 Å². The van der Waals surface area contributed by atoms with Crippen LogP contribution in [0.25, 0.3) is 11.0 Å². The Morgan fingerprint density at radius 1 is 1.06 bits per heavy atom. The molecular weight excluding hydrogens is 437 g/mol. The third-order valence-electron chi connectivity index (χ3n) is 6.52. The molecule has 3 aromatic rings. The van der Waals surface area contributed by atoms with Crippen molar-refractivity contribution in [2.75, 3.05) is 44.7 Å². The highest BCUT2D eigenvalue weighted by Gasteiger charge is 2.28. The minimum absolute atomic E-state index is 0.0405. The Hall–Kier alpha value is -3.30. The van der Waals surface area contributed by atoms with Crippen LogP contribution in [0.4, 0.5) is 10.1 Å². The fourth-order valence-electron chi connectivity index (χ4n) is 4.55. The number of imidazole rings is 1. The first kappa shape index (κ1) is 22.5. The van der Waals surface area contributed by atoms with Crippen molar-refractivity contribution in [1.82, 2.24) is 19.8 Å². The summed E-state index contributed by atoms with van der Waals surface area (Å²) in [6, 6.07) is 11.3. The van der Waals surface area contributed by atoms with Gasteiger partial charge < -0.3 is 19.9 Å². The Balaban J connectivity index is 1.16. The van der Waals surface area contributed by atoms with E-state index in [0.29, 0.717) is 31.5 Å². The summed E-state index contributed by atoms with van der Waals surface area (Å²) in [6.45, 7) is 5.03. The SMILES string of the molecule is O=C(Nc1ccc2nc(CN3CCOCC3)[nH]c2c1)C1CCN(C(=O)c2ccc(F)cc2)CC1. The Bertz CT molecular complexity index is 1170. The number of fused-ring (bicyclic) bond motifs is 1. The van der Waals surface area contributed by atoms with Crippen molar-refractivity contribution in [2.24, 2.45) is 5.92 Å². The topological polar surface area (TPSA) is 90.6 Å². The molecule has 0 aliphatic carbocycles. The first-order chi connectivity index (χ1) is 16.5. The van der Waals surface area contributed by atoms with Crippen molar-refractivity contribution in [3.05, 3.63) is 59.7 Å². The van der Waals surface area contributed by atoms with Gasteiger partial charge in [0.15, 0.2) is 0 Å². The van der Waals surface area contributed by atoms with Crippen LogP contribution in [0, 0.1) is 11.7 Å². The largest absolute Gasteiger partial charge is 0.379 e. The van der Waals surface area contributed by atoms with Crippen LogP contribution in [-0.4, -0.2) is 71.0 Å². The number of halogens is 1. The fraction of sp³-hybridized carbons (Fsp3) is 0.400. The fourth-order valence-corrected chi connectivity index (χ4v) is 4.55. The van der Waals surface area contributed by atoms with E-state index in [1.807, 2.05) is 18.2 Å². The second-order valence-electron chi connectivity index (χ2n) is 8.87. The molecule has 0 bridgehead atoms. The zero-order chi connectivity index (χ0) is 23.5. The summed E-state index contributed by atoms with van der Waals surface area (Å²) in [5.41, 5.74) is 2.95. The number of morpholine rings is 1. The first-order valence-corrected chi connectivity index (χ1v) is 11.7. The number of aromatic amines is 1. The lowest BCUT2D eigenvalue weighted by Gasteiger charge is -2.31. The number of H-pyrrole nitrogens is 1. The summed E-state index contributed by atoms with van der Waals surface area (Å²) in [6.07, 6.45) is 1.18. The standard InChI is InChI=1S/C25H28FN5O3/c26-19-3-1-18(2-4-19)25(33)31-9-7-17(8-10-31)24(32)27-20-5-6-21-22(15-20)29-23(28-21)16-30-11-13-34-14-12-30/h1-6,15,17H,7-14,16H2,(H,27,32)(H,28,29). The molecule has 8 nitrogen and oxygen atoms in total. The van der Waals surface area contributed by atoms with Gasteiger partial charge in [-0.3, -0.25) is 14.5 Å². The van der Waals surface area contributed by atoms with E-state index in [-0.39, 0.29) is 23.5 Å². The van der Waals surface area contributed by atoms with Crippen LogP contribution in [0.3, 0.4) is 0 Å². The molecule has 1 aromatic heterocycles. The highest BCUT2D eigenvalue weighted by Crippen LogP contribution is 2.23. The lowest BCUT2D eigenvalue weighted by atomic mass is 9.95. The predicted molar refractivity (Wildman–Crippen MR) is 126 cm³/mol. The summed E-state index contributed by atoms with van der Waals surface area (Å²) in [4.78, 5) is 37.5. The zero-order valence-corrected chi connectivity index (χ0v) is 18.9. The van der Waals surface area contributed by atoms with Gasteiger partial charge in [0.25, 0.3) is 5.91 Å². The minimum atomic E-state index is -0.367. The third kappa shape index (κ3) is 5.10. The van der Waals surface area contributed by atoms with Gasteiger partial charge in [0.1, 0.15) is 11.6 Å². The van der Waals surface area contributed by atoms with E-state index >= 15 is 0 Å². The summed E-state index contributed by atoms with van der Waals surface area (Å²) in [5, 5.41) is 3.02. The van der Waals surface area contributed by atoms with E-state index in [0.717, 1.165) is 55.4 Å². The molecule has 2 aliphatic heterocycles. The van der Waals surface area contributed by atoms with Crippen LogP contribution in [0.5, 0.6) is 0 Å². The van der Waals surface area contributed by atoms with Gasteiger partial charge in [0, 0.05) is 43.3 Å². The van der Waals surface area contributed by atoms with E-state index in [4.69, 9.17) is 4.74 Å². The van der Waals surface area contributed by atoms with Crippen molar-refractivity contribution >= 4 is 28.5 Å². The monoisotopic (exact) mass is 465 g/mol. The number of hydrogen-bond acceptors (Lipinski definition) is 5. The normalized spacial score (nSPS) is 17.7. The van der Waals surface area contributed by atoms with Crippen molar-refractivity contribution < 1.29 is 18.7 Å². The number of rotatable bonds is 5. The molecular formula is C25H28FN5O3. The number of aromatic nitrogens is 2. The summed E-state index contributed by atoms with van der Waals surface area (Å²) in [5.74, 6) is 0.205. The molecule has 0 saturated carbocycles. The third-order valence-corrected chi connectivity index (χ3v) is 6.52. The Kier molecular flexibility index (Phi) is 6.55. The Morgan fingerprint density at radius 2 is 1.79 bits per heavy atom. The van der Waals surface area contributed by atoms with Gasteiger partial charge in [-0.2, -0.15) is 0 Å². The number of hydrogen-bond donors (Lipinski definition) is 2. The molecule has 178 valence electrons. The van der Waals surface area contributed by atoms with Gasteiger partial charge in [-0.25, -0.2) is 9.37 Å². The molecule has 2 aliphatic rings. The minimum Gasteiger partial charge on any atom is -0.379 e. The predicted octanol–water partition coefficient (Wildman–Crippen LogP) is 3.03. The van der Waals surface area contributed by atoms with Crippen molar-refractivity contribution in [1.29, 1.82) is 0 Å². The van der Waals surface area contributed by atoms with E-state index in [2.05, 4.69) is 20.2 Å². The van der Waals surface area contributed by atoms with Gasteiger partial charge >= 0.3 is 0 Å². The number of nitrogens with one attached hydrogen (secondary N) is 2. The maximum absolute atomic E-state index is 13.1. The number of nitrogens with zero attached hydrogens (tertiary/aromatic N) is 3. The quantitative estimate of drug-likeness (QED) is 0.605. The van der Waals surface area contributed by atoms with Gasteiger partial charge in [-0.1, -0.05) is 0 Å². The molecule has 2 N–H and O–H groups in total. The average molecular weight is 466 g/mol. The van der Waals surface area contributed by atoms with Gasteiger partial charge in [-0.15, -0.1) is 0 Å². The maximum atomic E-state index is 13.1. The number of amides is 2. The van der Waals surface area contributed by atoms with E-state index in [1.165, 1.54) is 24.3 Å². The molecule has 0 spiro atoms. The number of benzene rings is 2. The number of piperidine rings is 1. The first-order valence-electron chi connectivity index (χ1n) is 11.7. The number of ether oxygens (including phenoxy) is 1. The van der Waals surface area contributed by atoms with Crippen molar-refractivity contribution in [3.8, 4) is 0 Å². The van der Waals surface area contributed by atoms with Gasteiger partial charge in [-0.05, 0) is 55.3 Å². The molecule has 3 heterocycles. The number of anilines is 1. The lowest BCUT2D eigenvalue weighted by Crippen LogP contribution is -2.41. The molecule has 34 heavy (non-hydrogen) atoms. The number of likely N-dealkylation sites (tertiary alicyclic amines) is 1. The molecule has 2 fully saturated rings. The highest BCUT2D eigenvalue weighted by atomic mass is 19.1. The van der Waals surface area contributed by atoms with Crippen LogP contribution >= 0.6 is 0 Å². The van der Waals surface area contributed by atoms with Crippen LogP contribution in [-0.2, 0) is 16.1 Å². The lowest BCUT2D eigenvalue weighted by molar-refractivity contribution is -0.121. The van der Waals surface area contributed by atoms with E-state index in [9.17, 15) is 14.0 Å². The van der Waals surface area contributed by atoms with Gasteiger partial charge in [0.05, 0.1) is 30.8 Å². The number of carbonyl (C=O) groups excluding carboxylic acids is 2. The molecule has 2 aromatic carbocycles. The van der Waals surface area contributed by atoms with Crippen molar-refractivity contribution in [2.45, 2.75) is 19.4 Å². The summed E-state index contributed by atoms with van der Waals surface area (Å²) < 4.78 is 18.5. The molecule has 9 heteroatoms. The molecule has 2 amide bonds. The van der Waals surface area contributed by atoms with Crippen molar-refractivity contribution in [3.63, 3.8) is 0 Å².